The van der Waals surface area contributed by atoms with Crippen LogP contribution >= 0.6 is 11.6 Å². The van der Waals surface area contributed by atoms with Crippen LogP contribution in [-0.2, 0) is 11.2 Å². The van der Waals surface area contributed by atoms with Crippen molar-refractivity contribution in [1.82, 2.24) is 4.98 Å². The van der Waals surface area contributed by atoms with E-state index in [1.807, 2.05) is 0 Å². The Labute approximate surface area is 126 Å². The molecule has 0 spiro atoms. The first-order chi connectivity index (χ1) is 10.1. The van der Waals surface area contributed by atoms with Crippen LogP contribution in [0.4, 0.5) is 0 Å². The number of aromatic amines is 1. The summed E-state index contributed by atoms with van der Waals surface area (Å²) in [5.41, 5.74) is 2.03. The zero-order valence-corrected chi connectivity index (χ0v) is 12.4. The quantitative estimate of drug-likeness (QED) is 0.634. The highest BCUT2D eigenvalue weighted by atomic mass is 35.5. The molecule has 0 bridgehead atoms. The molecule has 1 aromatic heterocycles. The van der Waals surface area contributed by atoms with Crippen molar-refractivity contribution >= 4 is 34.4 Å². The van der Waals surface area contributed by atoms with Gasteiger partial charge in [0.1, 0.15) is 5.69 Å². The van der Waals surface area contributed by atoms with E-state index in [1.54, 1.807) is 19.1 Å². The number of carboxylic acids is 1. The van der Waals surface area contributed by atoms with E-state index in [9.17, 15) is 9.59 Å². The SMILES string of the molecule is CCOC(=O)c1[nH]c2ccc(C(=O)O)cc2c1CCCCl. The lowest BCUT2D eigenvalue weighted by molar-refractivity contribution is 0.0519. The second-order valence-electron chi connectivity index (χ2n) is 4.56. The molecule has 21 heavy (non-hydrogen) atoms. The largest absolute Gasteiger partial charge is 0.478 e. The molecule has 5 nitrogen and oxygen atoms in total. The summed E-state index contributed by atoms with van der Waals surface area (Å²) < 4.78 is 5.04. The predicted molar refractivity (Wildman–Crippen MR) is 80.3 cm³/mol. The number of hydrogen-bond acceptors (Lipinski definition) is 3. The number of aryl methyl sites for hydroxylation is 1. The summed E-state index contributed by atoms with van der Waals surface area (Å²) in [4.78, 5) is 26.1. The number of alkyl halides is 1. The number of aromatic nitrogens is 1. The summed E-state index contributed by atoms with van der Waals surface area (Å²) in [6, 6.07) is 4.73. The smallest absolute Gasteiger partial charge is 0.355 e. The number of nitrogens with one attached hydrogen (secondary N) is 1. The minimum atomic E-state index is -1.00. The molecule has 0 fully saturated rings. The Bertz CT molecular complexity index is 678. The molecule has 0 amide bonds. The van der Waals surface area contributed by atoms with Gasteiger partial charge in [-0.15, -0.1) is 11.6 Å². The molecule has 1 aromatic carbocycles. The number of aromatic carboxylic acids is 1. The molecule has 0 radical (unpaired) electrons. The number of ether oxygens (including phenoxy) is 1. The number of carbonyl (C=O) groups is 2. The van der Waals surface area contributed by atoms with Gasteiger partial charge in [-0.25, -0.2) is 9.59 Å². The number of benzene rings is 1. The molecule has 2 rings (SSSR count). The van der Waals surface area contributed by atoms with Gasteiger partial charge in [0.2, 0.25) is 0 Å². The lowest BCUT2D eigenvalue weighted by Gasteiger charge is -2.04. The number of halogens is 1. The molecule has 1 heterocycles. The van der Waals surface area contributed by atoms with Gasteiger partial charge in [0.15, 0.2) is 0 Å². The Kier molecular flexibility index (Phi) is 4.85. The Morgan fingerprint density at radius 2 is 2.14 bits per heavy atom. The second kappa shape index (κ2) is 6.63. The average Bonchev–Trinajstić information content (AvgIpc) is 2.83. The number of hydrogen-bond donors (Lipinski definition) is 2. The second-order valence-corrected chi connectivity index (χ2v) is 4.94. The Balaban J connectivity index is 2.56. The third-order valence-corrected chi connectivity index (χ3v) is 3.46. The van der Waals surface area contributed by atoms with Crippen LogP contribution in [0.2, 0.25) is 0 Å². The molecule has 0 unspecified atom stereocenters. The lowest BCUT2D eigenvalue weighted by Crippen LogP contribution is -2.08. The van der Waals surface area contributed by atoms with Crippen molar-refractivity contribution in [3.63, 3.8) is 0 Å². The van der Waals surface area contributed by atoms with Crippen molar-refractivity contribution in [3.8, 4) is 0 Å². The third-order valence-electron chi connectivity index (χ3n) is 3.19. The first-order valence-electron chi connectivity index (χ1n) is 6.69. The Morgan fingerprint density at radius 3 is 2.76 bits per heavy atom. The fourth-order valence-corrected chi connectivity index (χ4v) is 2.40. The summed E-state index contributed by atoms with van der Waals surface area (Å²) in [7, 11) is 0. The van der Waals surface area contributed by atoms with Crippen LogP contribution in [0.3, 0.4) is 0 Å². The maximum atomic E-state index is 12.0. The van der Waals surface area contributed by atoms with Gasteiger partial charge >= 0.3 is 11.9 Å². The number of rotatable bonds is 6. The molecular weight excluding hydrogens is 294 g/mol. The van der Waals surface area contributed by atoms with E-state index in [0.29, 0.717) is 29.9 Å². The molecular formula is C15H16ClNO4. The number of carboxylic acid groups (broad SMARTS) is 1. The van der Waals surface area contributed by atoms with Gasteiger partial charge < -0.3 is 14.8 Å². The van der Waals surface area contributed by atoms with Gasteiger partial charge in [-0.3, -0.25) is 0 Å². The fraction of sp³-hybridized carbons (Fsp3) is 0.333. The first kappa shape index (κ1) is 15.4. The van der Waals surface area contributed by atoms with E-state index in [1.165, 1.54) is 6.07 Å². The summed E-state index contributed by atoms with van der Waals surface area (Å²) in [5, 5.41) is 9.81. The van der Waals surface area contributed by atoms with E-state index in [2.05, 4.69) is 4.98 Å². The van der Waals surface area contributed by atoms with Gasteiger partial charge in [-0.1, -0.05) is 0 Å². The molecule has 0 aliphatic heterocycles. The van der Waals surface area contributed by atoms with E-state index in [4.69, 9.17) is 21.4 Å². The molecule has 0 saturated carbocycles. The molecule has 0 atom stereocenters. The zero-order valence-electron chi connectivity index (χ0n) is 11.6. The lowest BCUT2D eigenvalue weighted by atomic mass is 10.0. The average molecular weight is 310 g/mol. The van der Waals surface area contributed by atoms with Gasteiger partial charge in [-0.05, 0) is 43.5 Å². The van der Waals surface area contributed by atoms with Crippen molar-refractivity contribution in [3.05, 3.63) is 35.0 Å². The van der Waals surface area contributed by atoms with Crippen LogP contribution in [0.1, 0.15) is 39.8 Å². The Hall–Kier alpha value is -2.01. The number of carbonyl (C=O) groups excluding carboxylic acids is 1. The number of esters is 1. The van der Waals surface area contributed by atoms with Crippen molar-refractivity contribution in [1.29, 1.82) is 0 Å². The molecule has 112 valence electrons. The van der Waals surface area contributed by atoms with Crippen molar-refractivity contribution in [2.24, 2.45) is 0 Å². The number of H-pyrrole nitrogens is 1. The van der Waals surface area contributed by atoms with Crippen LogP contribution < -0.4 is 0 Å². The molecule has 2 N–H and O–H groups in total. The van der Waals surface area contributed by atoms with E-state index < -0.39 is 11.9 Å². The molecule has 0 aliphatic carbocycles. The fourth-order valence-electron chi connectivity index (χ4n) is 2.26. The van der Waals surface area contributed by atoms with E-state index in [-0.39, 0.29) is 12.2 Å². The molecule has 0 aliphatic rings. The van der Waals surface area contributed by atoms with Crippen LogP contribution in [0.15, 0.2) is 18.2 Å². The summed E-state index contributed by atoms with van der Waals surface area (Å²) in [6.45, 7) is 2.02. The van der Waals surface area contributed by atoms with Gasteiger partial charge in [0.05, 0.1) is 12.2 Å². The summed E-state index contributed by atoms with van der Waals surface area (Å²) in [5.74, 6) is -0.970. The normalized spacial score (nSPS) is 10.8. The maximum Gasteiger partial charge on any atom is 0.355 e. The van der Waals surface area contributed by atoms with Crippen LogP contribution in [-0.4, -0.2) is 34.5 Å². The zero-order chi connectivity index (χ0) is 15.4. The first-order valence-corrected chi connectivity index (χ1v) is 7.23. The predicted octanol–water partition coefficient (Wildman–Crippen LogP) is 3.21. The van der Waals surface area contributed by atoms with Crippen LogP contribution in [0, 0.1) is 0 Å². The minimum absolute atomic E-state index is 0.184. The van der Waals surface area contributed by atoms with Crippen molar-refractivity contribution in [2.45, 2.75) is 19.8 Å². The molecule has 2 aromatic rings. The summed E-state index contributed by atoms with van der Waals surface area (Å²) >= 11 is 5.72. The standard InChI is InChI=1S/C15H16ClNO4/c1-2-21-15(20)13-10(4-3-7-16)11-8-9(14(18)19)5-6-12(11)17-13/h5-6,8,17H,2-4,7H2,1H3,(H,18,19). The third kappa shape index (κ3) is 3.19. The van der Waals surface area contributed by atoms with Crippen LogP contribution in [0.5, 0.6) is 0 Å². The highest BCUT2D eigenvalue weighted by Gasteiger charge is 2.19. The Morgan fingerprint density at radius 1 is 1.38 bits per heavy atom. The highest BCUT2D eigenvalue weighted by Crippen LogP contribution is 2.26. The van der Waals surface area contributed by atoms with Crippen molar-refractivity contribution in [2.75, 3.05) is 12.5 Å². The van der Waals surface area contributed by atoms with Gasteiger partial charge in [-0.2, -0.15) is 0 Å². The van der Waals surface area contributed by atoms with E-state index in [0.717, 1.165) is 10.9 Å². The van der Waals surface area contributed by atoms with E-state index >= 15 is 0 Å². The molecule has 6 heteroatoms. The topological polar surface area (TPSA) is 79.4 Å². The van der Waals surface area contributed by atoms with Crippen LogP contribution in [0.25, 0.3) is 10.9 Å². The van der Waals surface area contributed by atoms with Gasteiger partial charge in [0, 0.05) is 16.8 Å². The monoisotopic (exact) mass is 309 g/mol. The number of fused-ring (bicyclic) bond motifs is 1. The minimum Gasteiger partial charge on any atom is -0.478 e. The highest BCUT2D eigenvalue weighted by molar-refractivity contribution is 6.17. The maximum absolute atomic E-state index is 12.0. The van der Waals surface area contributed by atoms with Crippen molar-refractivity contribution < 1.29 is 19.4 Å². The molecule has 0 saturated heterocycles. The summed E-state index contributed by atoms with van der Waals surface area (Å²) in [6.07, 6.45) is 1.28. The van der Waals surface area contributed by atoms with Gasteiger partial charge in [0.25, 0.3) is 0 Å².